The summed E-state index contributed by atoms with van der Waals surface area (Å²) >= 11 is 0. The van der Waals surface area contributed by atoms with Crippen molar-refractivity contribution in [2.75, 3.05) is 20.2 Å². The van der Waals surface area contributed by atoms with E-state index in [9.17, 15) is 9.59 Å². The smallest absolute Gasteiger partial charge is 0.330 e. The molecule has 5 nitrogen and oxygen atoms in total. The number of hydrogen-bond donors (Lipinski definition) is 1. The minimum atomic E-state index is -0.696. The molecule has 0 aliphatic carbocycles. The van der Waals surface area contributed by atoms with E-state index in [0.29, 0.717) is 24.2 Å². The van der Waals surface area contributed by atoms with Crippen molar-refractivity contribution in [3.63, 3.8) is 0 Å². The zero-order valence-electron chi connectivity index (χ0n) is 11.8. The van der Waals surface area contributed by atoms with Gasteiger partial charge in [0.2, 0.25) is 5.78 Å². The van der Waals surface area contributed by atoms with E-state index in [1.807, 2.05) is 6.07 Å². The van der Waals surface area contributed by atoms with Crippen LogP contribution in [0.5, 0.6) is 5.75 Å². The molecular weight excluding hydrogens is 270 g/mol. The van der Waals surface area contributed by atoms with E-state index in [1.165, 1.54) is 13.2 Å². The van der Waals surface area contributed by atoms with Crippen LogP contribution in [0.15, 0.2) is 24.3 Å². The fourth-order valence-electron chi connectivity index (χ4n) is 2.81. The molecule has 3 rings (SSSR count). The predicted octanol–water partition coefficient (Wildman–Crippen LogP) is 1.57. The van der Waals surface area contributed by atoms with Gasteiger partial charge in [-0.05, 0) is 36.9 Å². The number of benzene rings is 1. The van der Waals surface area contributed by atoms with Gasteiger partial charge in [0.25, 0.3) is 0 Å². The van der Waals surface area contributed by atoms with Crippen LogP contribution in [0.1, 0.15) is 28.8 Å². The van der Waals surface area contributed by atoms with Gasteiger partial charge < -0.3 is 14.8 Å². The molecule has 0 radical (unpaired) electrons. The number of methoxy groups -OCH3 is 1. The lowest BCUT2D eigenvalue weighted by atomic mass is 9.86. The van der Waals surface area contributed by atoms with Gasteiger partial charge in [0.1, 0.15) is 5.75 Å². The summed E-state index contributed by atoms with van der Waals surface area (Å²) in [5, 5.41) is 3.24. The van der Waals surface area contributed by atoms with Crippen LogP contribution in [-0.4, -0.2) is 37.6 Å². The van der Waals surface area contributed by atoms with Gasteiger partial charge >= 0.3 is 5.97 Å². The maximum absolute atomic E-state index is 12.7. The van der Waals surface area contributed by atoms with Gasteiger partial charge in [-0.3, -0.25) is 4.79 Å². The lowest BCUT2D eigenvalue weighted by Crippen LogP contribution is -2.49. The highest BCUT2D eigenvalue weighted by molar-refractivity contribution is 6.08. The van der Waals surface area contributed by atoms with Crippen LogP contribution in [0, 0.1) is 0 Å². The Kier molecular flexibility index (Phi) is 3.51. The highest BCUT2D eigenvalue weighted by Gasteiger charge is 2.48. The molecule has 2 aliphatic heterocycles. The first-order chi connectivity index (χ1) is 10.1. The van der Waals surface area contributed by atoms with Crippen LogP contribution in [0.2, 0.25) is 0 Å². The van der Waals surface area contributed by atoms with Crippen molar-refractivity contribution in [2.24, 2.45) is 0 Å². The number of fused-ring (bicyclic) bond motifs is 1. The van der Waals surface area contributed by atoms with Crippen LogP contribution in [-0.2, 0) is 9.53 Å². The van der Waals surface area contributed by atoms with Gasteiger partial charge in [0, 0.05) is 18.9 Å². The minimum absolute atomic E-state index is 0.0484. The molecule has 2 aliphatic rings. The normalized spacial score (nSPS) is 19.6. The Hall–Kier alpha value is -2.14. The van der Waals surface area contributed by atoms with Crippen molar-refractivity contribution in [3.8, 4) is 5.75 Å². The number of ketones is 1. The maximum atomic E-state index is 12.7. The lowest BCUT2D eigenvalue weighted by Gasteiger charge is -2.31. The monoisotopic (exact) mass is 287 g/mol. The van der Waals surface area contributed by atoms with Gasteiger partial charge in [0.05, 0.1) is 12.7 Å². The van der Waals surface area contributed by atoms with Crippen molar-refractivity contribution in [1.29, 1.82) is 0 Å². The number of Topliss-reactive ketones (excluding diaryl/α,β-unsaturated/α-hetero) is 1. The summed E-state index contributed by atoms with van der Waals surface area (Å²) in [6.07, 6.45) is 4.34. The van der Waals surface area contributed by atoms with E-state index in [-0.39, 0.29) is 5.78 Å². The number of esters is 1. The zero-order valence-corrected chi connectivity index (χ0v) is 11.8. The summed E-state index contributed by atoms with van der Waals surface area (Å²) in [5.74, 6) is 0.261. The number of nitrogens with one attached hydrogen (secondary N) is 1. The first kappa shape index (κ1) is 13.8. The molecule has 21 heavy (non-hydrogen) atoms. The van der Waals surface area contributed by atoms with Crippen LogP contribution in [0.25, 0.3) is 6.08 Å². The molecular formula is C16H17NO4. The molecule has 0 aromatic heterocycles. The first-order valence-corrected chi connectivity index (χ1v) is 6.99. The second-order valence-corrected chi connectivity index (χ2v) is 5.29. The minimum Gasteiger partial charge on any atom is -0.478 e. The highest BCUT2D eigenvalue weighted by Crippen LogP contribution is 2.40. The largest absolute Gasteiger partial charge is 0.478 e. The average Bonchev–Trinajstić information content (AvgIpc) is 2.78. The Labute approximate surface area is 122 Å². The zero-order chi connectivity index (χ0) is 14.9. The van der Waals surface area contributed by atoms with Gasteiger partial charge in [0.15, 0.2) is 5.60 Å². The van der Waals surface area contributed by atoms with Gasteiger partial charge in [-0.2, -0.15) is 0 Å². The fourth-order valence-corrected chi connectivity index (χ4v) is 2.81. The van der Waals surface area contributed by atoms with Gasteiger partial charge in [-0.25, -0.2) is 4.79 Å². The standard InChI is InChI=1S/C16H17NO4/c1-20-14(18)5-3-11-2-4-13-12(10-11)15(19)16(21-13)6-8-17-9-7-16/h2-5,10,17H,6-9H2,1H3. The van der Waals surface area contributed by atoms with Crippen molar-refractivity contribution >= 4 is 17.8 Å². The third-order valence-corrected chi connectivity index (χ3v) is 3.99. The van der Waals surface area contributed by atoms with Crippen molar-refractivity contribution in [1.82, 2.24) is 5.32 Å². The average molecular weight is 287 g/mol. The van der Waals surface area contributed by atoms with Crippen molar-refractivity contribution in [2.45, 2.75) is 18.4 Å². The first-order valence-electron chi connectivity index (χ1n) is 6.99. The lowest BCUT2D eigenvalue weighted by molar-refractivity contribution is -0.134. The molecule has 1 aromatic carbocycles. The van der Waals surface area contributed by atoms with E-state index in [2.05, 4.69) is 10.1 Å². The summed E-state index contributed by atoms with van der Waals surface area (Å²) in [4.78, 5) is 23.8. The Morgan fingerprint density at radius 3 is 2.86 bits per heavy atom. The number of rotatable bonds is 2. The molecule has 1 N–H and O–H groups in total. The number of carbonyl (C=O) groups excluding carboxylic acids is 2. The summed E-state index contributed by atoms with van der Waals surface area (Å²) in [7, 11) is 1.33. The van der Waals surface area contributed by atoms with E-state index in [1.54, 1.807) is 18.2 Å². The molecule has 0 bridgehead atoms. The Bertz CT molecular complexity index is 615. The van der Waals surface area contributed by atoms with E-state index >= 15 is 0 Å². The molecule has 2 heterocycles. The maximum Gasteiger partial charge on any atom is 0.330 e. The quantitative estimate of drug-likeness (QED) is 0.661. The second kappa shape index (κ2) is 5.33. The van der Waals surface area contributed by atoms with Crippen molar-refractivity contribution < 1.29 is 19.1 Å². The molecule has 1 saturated heterocycles. The summed E-state index contributed by atoms with van der Waals surface area (Å²) in [5.41, 5.74) is 0.684. The van der Waals surface area contributed by atoms with E-state index in [4.69, 9.17) is 4.74 Å². The molecule has 110 valence electrons. The predicted molar refractivity (Wildman–Crippen MR) is 77.3 cm³/mol. The molecule has 0 saturated carbocycles. The van der Waals surface area contributed by atoms with Crippen LogP contribution in [0.4, 0.5) is 0 Å². The molecule has 0 unspecified atom stereocenters. The van der Waals surface area contributed by atoms with Gasteiger partial charge in [-0.15, -0.1) is 0 Å². The third kappa shape index (κ3) is 2.45. The van der Waals surface area contributed by atoms with E-state index < -0.39 is 11.6 Å². The SMILES string of the molecule is COC(=O)C=Cc1ccc2c(c1)C(=O)C1(CCNCC1)O2. The number of piperidine rings is 1. The van der Waals surface area contributed by atoms with Crippen LogP contribution in [0.3, 0.4) is 0 Å². The molecule has 1 fully saturated rings. The molecule has 0 amide bonds. The molecule has 0 atom stereocenters. The van der Waals surface area contributed by atoms with Crippen molar-refractivity contribution in [3.05, 3.63) is 35.4 Å². The van der Waals surface area contributed by atoms with E-state index in [0.717, 1.165) is 18.7 Å². The van der Waals surface area contributed by atoms with Crippen LogP contribution < -0.4 is 10.1 Å². The van der Waals surface area contributed by atoms with Gasteiger partial charge in [-0.1, -0.05) is 6.07 Å². The number of carbonyl (C=O) groups is 2. The molecule has 5 heteroatoms. The number of ether oxygens (including phenoxy) is 2. The Morgan fingerprint density at radius 1 is 1.38 bits per heavy atom. The summed E-state index contributed by atoms with van der Waals surface area (Å²) in [6.45, 7) is 1.57. The van der Waals surface area contributed by atoms with Crippen LogP contribution >= 0.6 is 0 Å². The number of hydrogen-bond acceptors (Lipinski definition) is 5. The fraction of sp³-hybridized carbons (Fsp3) is 0.375. The third-order valence-electron chi connectivity index (χ3n) is 3.99. The Balaban J connectivity index is 1.87. The summed E-state index contributed by atoms with van der Waals surface area (Å²) in [6, 6.07) is 5.39. The molecule has 1 aromatic rings. The topological polar surface area (TPSA) is 64.6 Å². The summed E-state index contributed by atoms with van der Waals surface area (Å²) < 4.78 is 10.5. The molecule has 1 spiro atoms. The second-order valence-electron chi connectivity index (χ2n) is 5.29. The highest BCUT2D eigenvalue weighted by atomic mass is 16.5. The Morgan fingerprint density at radius 2 is 2.14 bits per heavy atom.